The summed E-state index contributed by atoms with van der Waals surface area (Å²) in [4.78, 5) is 0. The first-order valence-electron chi connectivity index (χ1n) is 10.9. The monoisotopic (exact) mass is 401 g/mol. The van der Waals surface area contributed by atoms with Crippen molar-refractivity contribution in [3.05, 3.63) is 95.6 Å². The highest BCUT2D eigenvalue weighted by Crippen LogP contribution is 2.32. The molecule has 30 heavy (non-hydrogen) atoms. The third-order valence-electron chi connectivity index (χ3n) is 5.63. The molecule has 1 aliphatic rings. The minimum atomic E-state index is 0.443. The molecule has 1 saturated carbocycles. The molecule has 3 atom stereocenters. The summed E-state index contributed by atoms with van der Waals surface area (Å²) in [7, 11) is 0. The maximum atomic E-state index is 6.20. The van der Waals surface area contributed by atoms with Crippen molar-refractivity contribution in [1.82, 2.24) is 5.32 Å². The summed E-state index contributed by atoms with van der Waals surface area (Å²) >= 11 is 0. The second-order valence-electron chi connectivity index (χ2n) is 8.42. The van der Waals surface area contributed by atoms with Crippen molar-refractivity contribution in [2.24, 2.45) is 5.92 Å². The molecular weight excluding hydrogens is 370 g/mol. The zero-order chi connectivity index (χ0) is 20.8. The Hall–Kier alpha value is -2.78. The van der Waals surface area contributed by atoms with Crippen LogP contribution in [-0.4, -0.2) is 12.1 Å². The van der Waals surface area contributed by atoms with Crippen molar-refractivity contribution in [2.45, 2.75) is 52.0 Å². The van der Waals surface area contributed by atoms with Crippen molar-refractivity contribution in [1.29, 1.82) is 0 Å². The van der Waals surface area contributed by atoms with E-state index in [9.17, 15) is 0 Å². The Bertz CT molecular complexity index is 926. The fourth-order valence-electron chi connectivity index (χ4n) is 3.71. The Balaban J connectivity index is 1.45. The fourth-order valence-corrected chi connectivity index (χ4v) is 3.71. The van der Waals surface area contributed by atoms with Gasteiger partial charge in [0, 0.05) is 12.1 Å². The molecule has 0 amide bonds. The van der Waals surface area contributed by atoms with Gasteiger partial charge in [-0.3, -0.25) is 0 Å². The molecule has 2 unspecified atom stereocenters. The van der Waals surface area contributed by atoms with Crippen LogP contribution in [-0.2, 0) is 19.6 Å². The Morgan fingerprint density at radius 2 is 1.37 bits per heavy atom. The van der Waals surface area contributed by atoms with Gasteiger partial charge in [-0.05, 0) is 54.5 Å². The number of hydrogen-bond donors (Lipinski definition) is 1. The predicted molar refractivity (Wildman–Crippen MR) is 122 cm³/mol. The summed E-state index contributed by atoms with van der Waals surface area (Å²) in [6, 6.07) is 27.9. The molecule has 0 bridgehead atoms. The number of nitrogens with one attached hydrogen (secondary N) is 1. The Morgan fingerprint density at radius 3 is 1.93 bits per heavy atom. The predicted octanol–water partition coefficient (Wildman–Crippen LogP) is 5.77. The van der Waals surface area contributed by atoms with Crippen LogP contribution in [0.3, 0.4) is 0 Å². The molecule has 1 fully saturated rings. The van der Waals surface area contributed by atoms with Crippen molar-refractivity contribution >= 4 is 0 Å². The molecule has 0 spiro atoms. The van der Waals surface area contributed by atoms with Crippen LogP contribution < -0.4 is 14.8 Å². The molecule has 0 saturated heterocycles. The van der Waals surface area contributed by atoms with Crippen molar-refractivity contribution < 1.29 is 9.47 Å². The number of hydrogen-bond acceptors (Lipinski definition) is 3. The Labute approximate surface area is 180 Å². The van der Waals surface area contributed by atoms with Gasteiger partial charge >= 0.3 is 0 Å². The summed E-state index contributed by atoms with van der Waals surface area (Å²) in [5.41, 5.74) is 3.56. The molecule has 3 nitrogen and oxygen atoms in total. The van der Waals surface area contributed by atoms with Gasteiger partial charge in [0.25, 0.3) is 0 Å². The molecule has 0 aliphatic heterocycles. The first kappa shape index (κ1) is 20.5. The van der Waals surface area contributed by atoms with Gasteiger partial charge in [-0.1, -0.05) is 73.7 Å². The zero-order valence-corrected chi connectivity index (χ0v) is 17.9. The van der Waals surface area contributed by atoms with Crippen LogP contribution >= 0.6 is 0 Å². The molecule has 0 aromatic heterocycles. The number of rotatable bonds is 10. The van der Waals surface area contributed by atoms with E-state index in [-0.39, 0.29) is 0 Å². The Morgan fingerprint density at radius 1 is 0.800 bits per heavy atom. The van der Waals surface area contributed by atoms with E-state index in [0.717, 1.165) is 35.0 Å². The lowest BCUT2D eigenvalue weighted by molar-refractivity contribution is 0.255. The second kappa shape index (κ2) is 9.82. The van der Waals surface area contributed by atoms with E-state index < -0.39 is 0 Å². The summed E-state index contributed by atoms with van der Waals surface area (Å²) in [6.07, 6.45) is 2.27. The quantitative estimate of drug-likeness (QED) is 0.467. The van der Waals surface area contributed by atoms with E-state index in [1.54, 1.807) is 0 Å². The van der Waals surface area contributed by atoms with E-state index in [4.69, 9.17) is 9.47 Å². The summed E-state index contributed by atoms with van der Waals surface area (Å²) in [5, 5.41) is 3.72. The summed E-state index contributed by atoms with van der Waals surface area (Å²) < 4.78 is 12.3. The SMILES string of the molecule is CC(Cc1ccc(OCc2ccccc2)c(OCc2ccccc2)c1)N[C@H]1CC1C. The summed E-state index contributed by atoms with van der Waals surface area (Å²) in [5.74, 6) is 2.40. The van der Waals surface area contributed by atoms with E-state index in [2.05, 4.69) is 55.6 Å². The van der Waals surface area contributed by atoms with Crippen LogP contribution in [0.1, 0.15) is 37.0 Å². The van der Waals surface area contributed by atoms with Gasteiger partial charge in [0.1, 0.15) is 13.2 Å². The maximum absolute atomic E-state index is 6.20. The van der Waals surface area contributed by atoms with E-state index in [0.29, 0.717) is 25.3 Å². The van der Waals surface area contributed by atoms with Crippen LogP contribution in [0.5, 0.6) is 11.5 Å². The molecule has 3 heteroatoms. The molecule has 4 rings (SSSR count). The molecule has 3 aromatic carbocycles. The lowest BCUT2D eigenvalue weighted by Gasteiger charge is -2.17. The van der Waals surface area contributed by atoms with E-state index >= 15 is 0 Å². The highest BCUT2D eigenvalue weighted by atomic mass is 16.5. The smallest absolute Gasteiger partial charge is 0.161 e. The lowest BCUT2D eigenvalue weighted by Crippen LogP contribution is -2.30. The standard InChI is InChI=1S/C27H31NO2/c1-20-15-25(20)28-21(2)16-24-13-14-26(29-18-22-9-5-3-6-10-22)27(17-24)30-19-23-11-7-4-8-12-23/h3-14,17,20-21,25,28H,15-16,18-19H2,1-2H3/t20?,21?,25-/m0/s1. The fraction of sp³-hybridized carbons (Fsp3) is 0.333. The van der Waals surface area contributed by atoms with Crippen molar-refractivity contribution in [2.75, 3.05) is 0 Å². The third kappa shape index (κ3) is 5.87. The molecule has 3 aromatic rings. The van der Waals surface area contributed by atoms with E-state index in [1.165, 1.54) is 12.0 Å². The van der Waals surface area contributed by atoms with Gasteiger partial charge in [0.15, 0.2) is 11.5 Å². The van der Waals surface area contributed by atoms with Gasteiger partial charge in [-0.2, -0.15) is 0 Å². The van der Waals surface area contributed by atoms with Gasteiger partial charge in [0.2, 0.25) is 0 Å². The largest absolute Gasteiger partial charge is 0.485 e. The average Bonchev–Trinajstić information content (AvgIpc) is 3.47. The molecule has 1 N–H and O–H groups in total. The first-order valence-corrected chi connectivity index (χ1v) is 10.9. The topological polar surface area (TPSA) is 30.5 Å². The number of ether oxygens (including phenoxy) is 2. The maximum Gasteiger partial charge on any atom is 0.161 e. The van der Waals surface area contributed by atoms with Crippen molar-refractivity contribution in [3.63, 3.8) is 0 Å². The van der Waals surface area contributed by atoms with Gasteiger partial charge in [-0.15, -0.1) is 0 Å². The highest BCUT2D eigenvalue weighted by molar-refractivity contribution is 5.43. The minimum Gasteiger partial charge on any atom is -0.485 e. The van der Waals surface area contributed by atoms with Crippen LogP contribution in [0.2, 0.25) is 0 Å². The van der Waals surface area contributed by atoms with Gasteiger partial charge < -0.3 is 14.8 Å². The third-order valence-corrected chi connectivity index (χ3v) is 5.63. The average molecular weight is 402 g/mol. The van der Waals surface area contributed by atoms with Gasteiger partial charge in [0.05, 0.1) is 0 Å². The first-order chi connectivity index (χ1) is 14.7. The molecule has 156 valence electrons. The molecule has 1 aliphatic carbocycles. The normalized spacial score (nSPS) is 18.6. The highest BCUT2D eigenvalue weighted by Gasteiger charge is 2.33. The molecule has 0 heterocycles. The molecule has 0 radical (unpaired) electrons. The minimum absolute atomic E-state index is 0.443. The second-order valence-corrected chi connectivity index (χ2v) is 8.42. The Kier molecular flexibility index (Phi) is 6.70. The van der Waals surface area contributed by atoms with Crippen LogP contribution in [0.4, 0.5) is 0 Å². The lowest BCUT2D eigenvalue weighted by atomic mass is 10.1. The van der Waals surface area contributed by atoms with Crippen LogP contribution in [0, 0.1) is 5.92 Å². The van der Waals surface area contributed by atoms with E-state index in [1.807, 2.05) is 42.5 Å². The zero-order valence-electron chi connectivity index (χ0n) is 17.9. The van der Waals surface area contributed by atoms with Crippen LogP contribution in [0.25, 0.3) is 0 Å². The van der Waals surface area contributed by atoms with Crippen LogP contribution in [0.15, 0.2) is 78.9 Å². The van der Waals surface area contributed by atoms with Crippen molar-refractivity contribution in [3.8, 4) is 11.5 Å². The van der Waals surface area contributed by atoms with Gasteiger partial charge in [-0.25, -0.2) is 0 Å². The number of benzene rings is 3. The molecular formula is C27H31NO2. The summed E-state index contributed by atoms with van der Waals surface area (Å²) in [6.45, 7) is 5.62.